The molecule has 1 aromatic carbocycles. The SMILES string of the molecule is CCCC[S+]([O-])c1ccc2[nH]c3cc(C(=O)O)nn3c(=O)c2c1. The molecule has 8 heteroatoms. The Bertz CT molecular complexity index is 947. The topological polar surface area (TPSA) is 111 Å². The standard InChI is InChI=1S/C15H15N3O4S/c1-2-3-6-23(22)9-4-5-11-10(7-9)14(19)18-13(16-11)8-12(17-18)15(20)21/h4-5,7-8,16H,2-3,6H2,1H3,(H,20,21). The molecule has 1 unspecified atom stereocenters. The van der Waals surface area contributed by atoms with Gasteiger partial charge < -0.3 is 14.6 Å². The molecular formula is C15H15N3O4S. The maximum Gasteiger partial charge on any atom is 0.356 e. The van der Waals surface area contributed by atoms with Crippen molar-refractivity contribution >= 4 is 33.7 Å². The summed E-state index contributed by atoms with van der Waals surface area (Å²) in [5.74, 6) is -0.653. The molecule has 2 aromatic heterocycles. The van der Waals surface area contributed by atoms with Gasteiger partial charge in [0.05, 0.1) is 10.9 Å². The van der Waals surface area contributed by atoms with Crippen molar-refractivity contribution in [1.29, 1.82) is 0 Å². The molecule has 2 heterocycles. The van der Waals surface area contributed by atoms with Crippen LogP contribution in [-0.4, -0.2) is 36.0 Å². The van der Waals surface area contributed by atoms with Crippen molar-refractivity contribution in [2.45, 2.75) is 24.7 Å². The molecule has 0 aliphatic heterocycles. The van der Waals surface area contributed by atoms with Gasteiger partial charge in [-0.1, -0.05) is 13.3 Å². The minimum Gasteiger partial charge on any atom is -0.611 e. The fourth-order valence-electron chi connectivity index (χ4n) is 2.33. The van der Waals surface area contributed by atoms with Crippen LogP contribution in [0, 0.1) is 0 Å². The maximum atomic E-state index is 12.5. The van der Waals surface area contributed by atoms with Gasteiger partial charge in [0.1, 0.15) is 11.4 Å². The van der Waals surface area contributed by atoms with Crippen LogP contribution in [0.3, 0.4) is 0 Å². The van der Waals surface area contributed by atoms with E-state index >= 15 is 0 Å². The van der Waals surface area contributed by atoms with Crippen LogP contribution in [0.5, 0.6) is 0 Å². The Balaban J connectivity index is 2.14. The van der Waals surface area contributed by atoms with Gasteiger partial charge in [0.2, 0.25) is 0 Å². The Kier molecular flexibility index (Phi) is 4.10. The predicted molar refractivity (Wildman–Crippen MR) is 86.5 cm³/mol. The van der Waals surface area contributed by atoms with Gasteiger partial charge in [-0.2, -0.15) is 9.61 Å². The first-order chi connectivity index (χ1) is 11.0. The van der Waals surface area contributed by atoms with E-state index in [0.717, 1.165) is 17.4 Å². The number of aromatic nitrogens is 3. The fourth-order valence-corrected chi connectivity index (χ4v) is 3.58. The predicted octanol–water partition coefficient (Wildman–Crippen LogP) is 1.78. The average Bonchev–Trinajstić information content (AvgIpc) is 2.97. The van der Waals surface area contributed by atoms with Crippen molar-refractivity contribution < 1.29 is 14.5 Å². The largest absolute Gasteiger partial charge is 0.611 e. The molecule has 0 saturated carbocycles. The van der Waals surface area contributed by atoms with Crippen LogP contribution in [0.15, 0.2) is 34.0 Å². The first-order valence-corrected chi connectivity index (χ1v) is 8.50. The van der Waals surface area contributed by atoms with Gasteiger partial charge in [-0.15, -0.1) is 0 Å². The second kappa shape index (κ2) is 6.05. The zero-order valence-corrected chi connectivity index (χ0v) is 13.2. The van der Waals surface area contributed by atoms with E-state index < -0.39 is 22.7 Å². The van der Waals surface area contributed by atoms with Gasteiger partial charge in [0.15, 0.2) is 10.6 Å². The molecule has 0 bridgehead atoms. The highest BCUT2D eigenvalue weighted by molar-refractivity contribution is 7.91. The lowest BCUT2D eigenvalue weighted by Crippen LogP contribution is -2.16. The summed E-state index contributed by atoms with van der Waals surface area (Å²) in [4.78, 5) is 27.0. The Hall–Kier alpha value is -2.32. The molecule has 0 aliphatic rings. The second-order valence-electron chi connectivity index (χ2n) is 5.17. The molecule has 23 heavy (non-hydrogen) atoms. The van der Waals surface area contributed by atoms with Crippen molar-refractivity contribution in [3.63, 3.8) is 0 Å². The third-order valence-electron chi connectivity index (χ3n) is 3.55. The third-order valence-corrected chi connectivity index (χ3v) is 4.99. The third kappa shape index (κ3) is 2.82. The van der Waals surface area contributed by atoms with Crippen LogP contribution in [-0.2, 0) is 11.2 Å². The van der Waals surface area contributed by atoms with E-state index in [-0.39, 0.29) is 5.69 Å². The van der Waals surface area contributed by atoms with E-state index in [4.69, 9.17) is 5.11 Å². The lowest BCUT2D eigenvalue weighted by molar-refractivity contribution is 0.0690. The minimum absolute atomic E-state index is 0.208. The zero-order chi connectivity index (χ0) is 16.6. The van der Waals surface area contributed by atoms with Crippen molar-refractivity contribution in [3.05, 3.63) is 40.3 Å². The summed E-state index contributed by atoms with van der Waals surface area (Å²) in [7, 11) is 0. The maximum absolute atomic E-state index is 12.5. The molecule has 0 amide bonds. The van der Waals surface area contributed by atoms with E-state index in [1.54, 1.807) is 18.2 Å². The number of fused-ring (bicyclic) bond motifs is 2. The molecule has 0 radical (unpaired) electrons. The summed E-state index contributed by atoms with van der Waals surface area (Å²) in [5, 5.41) is 13.1. The Labute approximate surface area is 134 Å². The van der Waals surface area contributed by atoms with Crippen LogP contribution in [0.4, 0.5) is 0 Å². The highest BCUT2D eigenvalue weighted by Crippen LogP contribution is 2.18. The molecule has 1 atom stereocenters. The van der Waals surface area contributed by atoms with Gasteiger partial charge in [-0.05, 0) is 29.7 Å². The Morgan fingerprint density at radius 1 is 1.43 bits per heavy atom. The van der Waals surface area contributed by atoms with Crippen LogP contribution in [0.2, 0.25) is 0 Å². The van der Waals surface area contributed by atoms with E-state index in [1.807, 2.05) is 6.92 Å². The number of aromatic amines is 1. The monoisotopic (exact) mass is 333 g/mol. The van der Waals surface area contributed by atoms with Crippen LogP contribution in [0.25, 0.3) is 16.6 Å². The number of carboxylic acids is 1. The molecule has 0 fully saturated rings. The number of nitrogens with one attached hydrogen (secondary N) is 1. The quantitative estimate of drug-likeness (QED) is 0.692. The molecular weight excluding hydrogens is 318 g/mol. The fraction of sp³-hybridized carbons (Fsp3) is 0.267. The number of H-pyrrole nitrogens is 1. The van der Waals surface area contributed by atoms with E-state index in [2.05, 4.69) is 10.1 Å². The van der Waals surface area contributed by atoms with Crippen molar-refractivity contribution in [2.24, 2.45) is 0 Å². The molecule has 3 aromatic rings. The number of rotatable bonds is 5. The summed E-state index contributed by atoms with van der Waals surface area (Å²) in [6, 6.07) is 6.29. The van der Waals surface area contributed by atoms with Gasteiger partial charge in [0.25, 0.3) is 5.56 Å². The molecule has 0 aliphatic carbocycles. The minimum atomic E-state index is -1.20. The Morgan fingerprint density at radius 3 is 2.91 bits per heavy atom. The molecule has 3 rings (SSSR count). The van der Waals surface area contributed by atoms with Crippen LogP contribution < -0.4 is 5.56 Å². The normalized spacial score (nSPS) is 12.8. The van der Waals surface area contributed by atoms with Crippen LogP contribution in [0.1, 0.15) is 30.3 Å². The van der Waals surface area contributed by atoms with E-state index in [0.29, 0.717) is 27.2 Å². The number of carboxylic acid groups (broad SMARTS) is 1. The van der Waals surface area contributed by atoms with Gasteiger partial charge in [0, 0.05) is 12.1 Å². The summed E-state index contributed by atoms with van der Waals surface area (Å²) in [6.07, 6.45) is 1.80. The van der Waals surface area contributed by atoms with E-state index in [9.17, 15) is 14.1 Å². The summed E-state index contributed by atoms with van der Waals surface area (Å²) in [5.41, 5.74) is 0.214. The summed E-state index contributed by atoms with van der Waals surface area (Å²) < 4.78 is 13.2. The zero-order valence-electron chi connectivity index (χ0n) is 12.4. The number of aromatic carboxylic acids is 1. The van der Waals surface area contributed by atoms with Gasteiger partial charge in [-0.3, -0.25) is 4.79 Å². The molecule has 0 saturated heterocycles. The van der Waals surface area contributed by atoms with Crippen molar-refractivity contribution in [2.75, 3.05) is 5.75 Å². The number of nitrogens with zero attached hydrogens (tertiary/aromatic N) is 2. The van der Waals surface area contributed by atoms with Gasteiger partial charge >= 0.3 is 5.97 Å². The molecule has 7 nitrogen and oxygen atoms in total. The molecule has 0 spiro atoms. The van der Waals surface area contributed by atoms with Gasteiger partial charge in [-0.25, -0.2) is 4.79 Å². The van der Waals surface area contributed by atoms with Crippen molar-refractivity contribution in [3.8, 4) is 0 Å². The lowest BCUT2D eigenvalue weighted by Gasteiger charge is -2.10. The smallest absolute Gasteiger partial charge is 0.356 e. The number of benzene rings is 1. The first-order valence-electron chi connectivity index (χ1n) is 7.18. The summed E-state index contributed by atoms with van der Waals surface area (Å²) in [6.45, 7) is 2.02. The molecule has 120 valence electrons. The average molecular weight is 333 g/mol. The first kappa shape index (κ1) is 15.6. The highest BCUT2D eigenvalue weighted by Gasteiger charge is 2.16. The number of carbonyl (C=O) groups is 1. The van der Waals surface area contributed by atoms with E-state index in [1.165, 1.54) is 6.07 Å². The number of unbranched alkanes of at least 4 members (excludes halogenated alkanes) is 1. The number of hydrogen-bond acceptors (Lipinski definition) is 4. The number of hydrogen-bond donors (Lipinski definition) is 2. The molecule has 2 N–H and O–H groups in total. The summed E-state index contributed by atoms with van der Waals surface area (Å²) >= 11 is -1.16. The van der Waals surface area contributed by atoms with Crippen LogP contribution >= 0.6 is 0 Å². The second-order valence-corrected chi connectivity index (χ2v) is 6.74. The lowest BCUT2D eigenvalue weighted by atomic mass is 10.2. The highest BCUT2D eigenvalue weighted by atomic mass is 32.2. The Morgan fingerprint density at radius 2 is 2.22 bits per heavy atom. The van der Waals surface area contributed by atoms with Crippen molar-refractivity contribution in [1.82, 2.24) is 14.6 Å².